The van der Waals surface area contributed by atoms with Gasteiger partial charge in [0.25, 0.3) is 0 Å². The fourth-order valence-corrected chi connectivity index (χ4v) is 3.31. The van der Waals surface area contributed by atoms with E-state index in [2.05, 4.69) is 27.7 Å². The number of aliphatic carboxylic acids is 1. The average Bonchev–Trinajstić information content (AvgIpc) is 2.05. The van der Waals surface area contributed by atoms with Crippen molar-refractivity contribution >= 4 is 26.9 Å². The van der Waals surface area contributed by atoms with Gasteiger partial charge in [-0.25, -0.2) is 0 Å². The maximum atomic E-state index is 9.26. The number of carboxylic acids is 1. The van der Waals surface area contributed by atoms with Crippen LogP contribution in [-0.4, -0.2) is 26.9 Å². The molecule has 0 atom stereocenters. The molecule has 3 heteroatoms. The first kappa shape index (κ1) is 15.7. The zero-order valence-corrected chi connectivity index (χ0v) is 11.7. The van der Waals surface area contributed by atoms with Gasteiger partial charge in [-0.05, 0) is 6.42 Å². The Morgan fingerprint density at radius 1 is 1.31 bits per heavy atom. The van der Waals surface area contributed by atoms with Crippen molar-refractivity contribution in [2.24, 2.45) is 0 Å². The Balaban J connectivity index is 0. The van der Waals surface area contributed by atoms with E-state index < -0.39 is 5.97 Å². The predicted molar refractivity (Wildman–Crippen MR) is 55.9 cm³/mol. The van der Waals surface area contributed by atoms with Gasteiger partial charge in [0.1, 0.15) is 0 Å². The predicted octanol–water partition coefficient (Wildman–Crippen LogP) is 1.88. The number of hydrogen-bond acceptors (Lipinski definition) is 2. The van der Waals surface area contributed by atoms with Crippen LogP contribution in [0.2, 0.25) is 7.93 Å². The molecule has 0 saturated carbocycles. The molecule has 0 amide bonds. The van der Waals surface area contributed by atoms with Crippen LogP contribution in [0.1, 0.15) is 47.5 Å². The van der Waals surface area contributed by atoms with Gasteiger partial charge in [0.15, 0.2) is 0 Å². The van der Waals surface area contributed by atoms with Crippen LogP contribution >= 0.6 is 0 Å². The van der Waals surface area contributed by atoms with Gasteiger partial charge in [-0.3, -0.25) is 0 Å². The number of hydrogen-bond donors (Lipinski definition) is 0. The van der Waals surface area contributed by atoms with Crippen LogP contribution in [0.15, 0.2) is 0 Å². The molecule has 0 aliphatic carbocycles. The molecule has 0 saturated heterocycles. The maximum absolute atomic E-state index is 9.26. The molecule has 0 bridgehead atoms. The van der Waals surface area contributed by atoms with Gasteiger partial charge >= 0.3 is 63.0 Å². The molecule has 0 aromatic heterocycles. The van der Waals surface area contributed by atoms with Gasteiger partial charge in [-0.1, -0.05) is 6.92 Å². The monoisotopic (exact) mass is 303 g/mol. The summed E-state index contributed by atoms with van der Waals surface area (Å²) in [5, 5.41) is 9.26. The van der Waals surface area contributed by atoms with Crippen LogP contribution < -0.4 is 5.11 Å². The van der Waals surface area contributed by atoms with Crippen molar-refractivity contribution in [1.29, 1.82) is 0 Å². The van der Waals surface area contributed by atoms with Crippen LogP contribution in [0.4, 0.5) is 0 Å². The van der Waals surface area contributed by atoms with Gasteiger partial charge in [0.2, 0.25) is 0 Å². The first-order valence-electron chi connectivity index (χ1n) is 4.73. The SMILES string of the molecule is CCC(=O)[O-].CC[Te+]C(C)(C)CC. The summed E-state index contributed by atoms with van der Waals surface area (Å²) in [6.45, 7) is 10.9. The second kappa shape index (κ2) is 8.84. The van der Waals surface area contributed by atoms with E-state index in [4.69, 9.17) is 0 Å². The molecular weight excluding hydrogens is 280 g/mol. The van der Waals surface area contributed by atoms with Crippen molar-refractivity contribution in [3.63, 3.8) is 0 Å². The van der Waals surface area contributed by atoms with Crippen molar-refractivity contribution in [2.75, 3.05) is 0 Å². The molecule has 2 nitrogen and oxygen atoms in total. The first-order valence-corrected chi connectivity index (χ1v) is 7.54. The average molecular weight is 301 g/mol. The Kier molecular flexibility index (Phi) is 10.7. The zero-order chi connectivity index (χ0) is 10.9. The second-order valence-electron chi connectivity index (χ2n) is 3.27. The first-order chi connectivity index (χ1) is 5.89. The molecule has 0 unspecified atom stereocenters. The van der Waals surface area contributed by atoms with Crippen molar-refractivity contribution in [1.82, 2.24) is 0 Å². The van der Waals surface area contributed by atoms with Crippen molar-refractivity contribution in [2.45, 2.75) is 55.4 Å². The number of carboxylic acid groups (broad SMARTS) is 1. The minimum atomic E-state index is -0.995. The molecule has 79 valence electrons. The molecule has 0 N–H and O–H groups in total. The van der Waals surface area contributed by atoms with Crippen molar-refractivity contribution in [3.8, 4) is 0 Å². The summed E-state index contributed by atoms with van der Waals surface area (Å²) in [7, 11) is 0. The van der Waals surface area contributed by atoms with Crippen molar-refractivity contribution < 1.29 is 9.90 Å². The molecule has 0 aromatic carbocycles. The van der Waals surface area contributed by atoms with Crippen LogP contribution in [0.3, 0.4) is 0 Å². The third kappa shape index (κ3) is 15.1. The number of rotatable bonds is 4. The number of carbonyl (C=O) groups excluding carboxylic acids is 1. The molecule has 0 aromatic rings. The Hall–Kier alpha value is 0.260. The van der Waals surface area contributed by atoms with Crippen LogP contribution in [-0.2, 0) is 4.79 Å². The van der Waals surface area contributed by atoms with E-state index in [1.807, 2.05) is 0 Å². The second-order valence-corrected chi connectivity index (χ2v) is 8.90. The summed E-state index contributed by atoms with van der Waals surface area (Å²) in [5.41, 5.74) is 0. The Morgan fingerprint density at radius 2 is 1.69 bits per heavy atom. The summed E-state index contributed by atoms with van der Waals surface area (Å²) in [6, 6.07) is 0. The van der Waals surface area contributed by atoms with E-state index in [-0.39, 0.29) is 6.42 Å². The minimum absolute atomic E-state index is 0.111. The van der Waals surface area contributed by atoms with Crippen LogP contribution in [0.25, 0.3) is 0 Å². The van der Waals surface area contributed by atoms with Crippen LogP contribution in [0, 0.1) is 0 Å². The van der Waals surface area contributed by atoms with E-state index in [1.54, 1.807) is 0 Å². The van der Waals surface area contributed by atoms with Crippen LogP contribution in [0.5, 0.6) is 0 Å². The zero-order valence-electron chi connectivity index (χ0n) is 9.35. The molecular formula is C10H21O2Te. The number of carbonyl (C=O) groups is 1. The molecule has 0 heterocycles. The van der Waals surface area contributed by atoms with Gasteiger partial charge in [-0.15, -0.1) is 0 Å². The van der Waals surface area contributed by atoms with E-state index >= 15 is 0 Å². The fraction of sp³-hybridized carbons (Fsp3) is 0.900. The quantitative estimate of drug-likeness (QED) is 0.744. The third-order valence-electron chi connectivity index (χ3n) is 1.68. The standard InChI is InChI=1S/C7H16Te.C3H6O2/c1-5-7(3,4)8-6-2;1-2-3(4)5/h5-6H2,1-4H3;2H2,1H3,(H,4,5)/q+1;/p-1. The van der Waals surface area contributed by atoms with Gasteiger partial charge in [-0.2, -0.15) is 0 Å². The van der Waals surface area contributed by atoms with Gasteiger partial charge in [0.05, 0.1) is 0 Å². The summed E-state index contributed by atoms with van der Waals surface area (Å²) in [6.07, 6.45) is 1.48. The van der Waals surface area contributed by atoms with E-state index in [9.17, 15) is 9.90 Å². The molecule has 0 aliphatic heterocycles. The molecule has 1 radical (unpaired) electrons. The molecule has 13 heavy (non-hydrogen) atoms. The van der Waals surface area contributed by atoms with Gasteiger partial charge in [0, 0.05) is 5.97 Å². The fourth-order valence-electron chi connectivity index (χ4n) is 0.493. The Labute approximate surface area is 92.2 Å². The molecule has 0 aliphatic rings. The summed E-state index contributed by atoms with van der Waals surface area (Å²) in [4.78, 5) is 9.26. The van der Waals surface area contributed by atoms with Crippen molar-refractivity contribution in [3.05, 3.63) is 0 Å². The summed E-state index contributed by atoms with van der Waals surface area (Å²) < 4.78 is 2.17. The summed E-state index contributed by atoms with van der Waals surface area (Å²) >= 11 is 0.321. The Morgan fingerprint density at radius 3 is 1.77 bits per heavy atom. The summed E-state index contributed by atoms with van der Waals surface area (Å²) in [5.74, 6) is -0.995. The van der Waals surface area contributed by atoms with E-state index in [0.29, 0.717) is 20.9 Å². The molecule has 0 fully saturated rings. The third-order valence-corrected chi connectivity index (χ3v) is 5.55. The van der Waals surface area contributed by atoms with E-state index in [0.717, 1.165) is 3.46 Å². The molecule has 0 spiro atoms. The van der Waals surface area contributed by atoms with Gasteiger partial charge < -0.3 is 9.90 Å². The van der Waals surface area contributed by atoms with E-state index in [1.165, 1.54) is 17.8 Å². The topological polar surface area (TPSA) is 40.1 Å². The molecule has 0 rings (SSSR count). The normalized spacial score (nSPS) is 10.2. The Bertz CT molecular complexity index is 133.